The van der Waals surface area contributed by atoms with Gasteiger partial charge in [-0.1, -0.05) is 30.3 Å². The van der Waals surface area contributed by atoms with Crippen LogP contribution in [0.2, 0.25) is 0 Å². The van der Waals surface area contributed by atoms with Crippen LogP contribution in [0, 0.1) is 0 Å². The highest BCUT2D eigenvalue weighted by Gasteiger charge is 2.49. The molecule has 0 aromatic heterocycles. The van der Waals surface area contributed by atoms with Gasteiger partial charge < -0.3 is 19.5 Å². The number of benzene rings is 2. The molecule has 2 aliphatic heterocycles. The number of para-hydroxylation sites is 2. The van der Waals surface area contributed by atoms with Gasteiger partial charge >= 0.3 is 5.97 Å². The Balaban J connectivity index is 0.00000193. The minimum atomic E-state index is -1.06. The molecule has 0 saturated carbocycles. The third-order valence-corrected chi connectivity index (χ3v) is 7.69. The Hall–Kier alpha value is -1.64. The van der Waals surface area contributed by atoms with Crippen molar-refractivity contribution in [2.45, 2.75) is 28.6 Å². The maximum atomic E-state index is 12.9. The molecule has 33 heavy (non-hydrogen) atoms. The van der Waals surface area contributed by atoms with E-state index < -0.39 is 10.9 Å². The number of hydrogen-bond donors (Lipinski definition) is 1. The first-order chi connectivity index (χ1) is 15.1. The fourth-order valence-corrected chi connectivity index (χ4v) is 5.71. The van der Waals surface area contributed by atoms with Crippen molar-refractivity contribution < 1.29 is 19.4 Å². The Morgan fingerprint density at radius 1 is 1.09 bits per heavy atom. The first-order valence-corrected chi connectivity index (χ1v) is 11.6. The Labute approximate surface area is 212 Å². The molecule has 1 saturated heterocycles. The van der Waals surface area contributed by atoms with Crippen molar-refractivity contribution in [3.05, 3.63) is 54.6 Å². The van der Waals surface area contributed by atoms with E-state index in [1.165, 1.54) is 24.6 Å². The Kier molecular flexibility index (Phi) is 10.6. The Morgan fingerprint density at radius 3 is 2.45 bits per heavy atom. The number of carbonyl (C=O) groups is 1. The Bertz CT molecular complexity index is 884. The first kappa shape index (κ1) is 27.6. The third-order valence-electron chi connectivity index (χ3n) is 6.12. The van der Waals surface area contributed by atoms with Gasteiger partial charge in [0.25, 0.3) is 0 Å². The summed E-state index contributed by atoms with van der Waals surface area (Å²) in [6, 6.07) is 18.1. The molecule has 182 valence electrons. The van der Waals surface area contributed by atoms with Crippen LogP contribution in [-0.2, 0) is 9.53 Å². The summed E-state index contributed by atoms with van der Waals surface area (Å²) in [7, 11) is 1.39. The number of carbonyl (C=O) groups excluding carboxylic acids is 1. The highest BCUT2D eigenvalue weighted by Crippen LogP contribution is 2.46. The van der Waals surface area contributed by atoms with Crippen molar-refractivity contribution in [3.8, 4) is 5.75 Å². The molecule has 2 aromatic carbocycles. The number of fused-ring (bicyclic) bond motifs is 1. The molecule has 2 heterocycles. The van der Waals surface area contributed by atoms with Crippen molar-refractivity contribution in [3.63, 3.8) is 0 Å². The summed E-state index contributed by atoms with van der Waals surface area (Å²) in [6.45, 7) is 4.92. The maximum Gasteiger partial charge on any atom is 0.325 e. The molecule has 6 nitrogen and oxygen atoms in total. The number of methoxy groups -OCH3 is 1. The van der Waals surface area contributed by atoms with Crippen molar-refractivity contribution in [2.24, 2.45) is 0 Å². The minimum Gasteiger partial charge on any atom is -0.490 e. The molecular weight excluding hydrogens is 483 g/mol. The van der Waals surface area contributed by atoms with E-state index in [0.29, 0.717) is 12.2 Å². The second kappa shape index (κ2) is 12.7. The number of hydrogen-bond acceptors (Lipinski definition) is 7. The smallest absolute Gasteiger partial charge is 0.325 e. The average molecular weight is 516 g/mol. The Morgan fingerprint density at radius 2 is 1.76 bits per heavy atom. The van der Waals surface area contributed by atoms with Crippen LogP contribution in [0.4, 0.5) is 5.69 Å². The molecule has 4 rings (SSSR count). The second-order valence-corrected chi connectivity index (χ2v) is 9.40. The van der Waals surface area contributed by atoms with Crippen LogP contribution in [0.3, 0.4) is 0 Å². The molecule has 0 spiro atoms. The molecule has 0 aliphatic carbocycles. The van der Waals surface area contributed by atoms with Gasteiger partial charge in [-0.05, 0) is 43.7 Å². The number of anilines is 1. The molecule has 0 amide bonds. The molecule has 0 radical (unpaired) electrons. The average Bonchev–Trinajstić information content (AvgIpc) is 2.97. The van der Waals surface area contributed by atoms with Crippen molar-refractivity contribution in [1.29, 1.82) is 0 Å². The summed E-state index contributed by atoms with van der Waals surface area (Å²) >= 11 is 1.37. The number of rotatable bonds is 6. The van der Waals surface area contributed by atoms with Crippen LogP contribution in [-0.4, -0.2) is 73.3 Å². The van der Waals surface area contributed by atoms with E-state index in [0.717, 1.165) is 44.0 Å². The predicted molar refractivity (Wildman–Crippen MR) is 137 cm³/mol. The fourth-order valence-electron chi connectivity index (χ4n) is 4.33. The second-order valence-electron chi connectivity index (χ2n) is 8.02. The van der Waals surface area contributed by atoms with Crippen molar-refractivity contribution >= 4 is 48.2 Å². The number of piperazine rings is 1. The zero-order valence-corrected chi connectivity index (χ0v) is 21.2. The first-order valence-electron chi connectivity index (χ1n) is 10.8. The number of halogens is 2. The van der Waals surface area contributed by atoms with Crippen LogP contribution in [0.15, 0.2) is 59.5 Å². The lowest BCUT2D eigenvalue weighted by Gasteiger charge is -2.37. The number of aliphatic hydroxyl groups is 1. The SMILES string of the molecule is COC(=O)[C@]1(CCCN2CCN(c3ccccc3)CC2)Sc2ccccc2OC[C@@H]1O.Cl.Cl. The summed E-state index contributed by atoms with van der Waals surface area (Å²) in [6.07, 6.45) is 0.390. The third kappa shape index (κ3) is 6.28. The lowest BCUT2D eigenvalue weighted by molar-refractivity contribution is -0.147. The number of esters is 1. The van der Waals surface area contributed by atoms with Gasteiger partial charge in [-0.25, -0.2) is 0 Å². The van der Waals surface area contributed by atoms with Gasteiger partial charge in [0.05, 0.1) is 12.0 Å². The number of aliphatic hydroxyl groups excluding tert-OH is 1. The van der Waals surface area contributed by atoms with Gasteiger partial charge in [-0.15, -0.1) is 36.6 Å². The van der Waals surface area contributed by atoms with Gasteiger partial charge in [0.1, 0.15) is 23.2 Å². The maximum absolute atomic E-state index is 12.9. The molecule has 2 aromatic rings. The van der Waals surface area contributed by atoms with Crippen LogP contribution >= 0.6 is 36.6 Å². The molecule has 1 N–H and O–H groups in total. The van der Waals surface area contributed by atoms with Crippen LogP contribution < -0.4 is 9.64 Å². The highest BCUT2D eigenvalue weighted by molar-refractivity contribution is 8.01. The van der Waals surface area contributed by atoms with E-state index in [9.17, 15) is 9.90 Å². The van der Waals surface area contributed by atoms with E-state index >= 15 is 0 Å². The normalized spacial score (nSPS) is 22.6. The molecular formula is C24H32Cl2N2O4S. The fraction of sp³-hybridized carbons (Fsp3) is 0.458. The van der Waals surface area contributed by atoms with Crippen LogP contribution in [0.1, 0.15) is 12.8 Å². The quantitative estimate of drug-likeness (QED) is 0.586. The number of ether oxygens (including phenoxy) is 2. The summed E-state index contributed by atoms with van der Waals surface area (Å²) in [5, 5.41) is 10.9. The van der Waals surface area contributed by atoms with E-state index in [1.807, 2.05) is 30.3 Å². The van der Waals surface area contributed by atoms with E-state index in [2.05, 4.69) is 34.1 Å². The molecule has 0 bridgehead atoms. The molecule has 2 aliphatic rings. The van der Waals surface area contributed by atoms with Crippen LogP contribution in [0.25, 0.3) is 0 Å². The van der Waals surface area contributed by atoms with Crippen molar-refractivity contribution in [2.75, 3.05) is 51.3 Å². The number of thioether (sulfide) groups is 1. The van der Waals surface area contributed by atoms with E-state index in [1.54, 1.807) is 0 Å². The van der Waals surface area contributed by atoms with Crippen LogP contribution in [0.5, 0.6) is 5.75 Å². The topological polar surface area (TPSA) is 62.2 Å². The zero-order chi connectivity index (χ0) is 21.7. The molecule has 0 unspecified atom stereocenters. The van der Waals surface area contributed by atoms with E-state index in [4.69, 9.17) is 9.47 Å². The van der Waals surface area contributed by atoms with Gasteiger partial charge in [0, 0.05) is 31.9 Å². The lowest BCUT2D eigenvalue weighted by atomic mass is 9.95. The molecule has 9 heteroatoms. The minimum absolute atomic E-state index is 0. The number of nitrogens with zero attached hydrogens (tertiary/aromatic N) is 2. The standard InChI is InChI=1S/C24H30N2O4S.2ClH/c1-29-23(28)24(22(27)18-30-20-10-5-6-11-21(20)31-24)12-7-13-25-14-16-26(17-15-25)19-8-3-2-4-9-19;;/h2-6,8-11,22,27H,7,12-18H2,1H3;2*1H/t22-,24+;;/m0../s1. The largest absolute Gasteiger partial charge is 0.490 e. The monoisotopic (exact) mass is 514 g/mol. The highest BCUT2D eigenvalue weighted by atomic mass is 35.5. The summed E-state index contributed by atoms with van der Waals surface area (Å²) in [5.74, 6) is 0.313. The summed E-state index contributed by atoms with van der Waals surface area (Å²) < 4.78 is 9.85. The summed E-state index contributed by atoms with van der Waals surface area (Å²) in [5.41, 5.74) is 1.27. The van der Waals surface area contributed by atoms with Gasteiger partial charge in [-0.2, -0.15) is 0 Å². The molecule has 1 fully saturated rings. The van der Waals surface area contributed by atoms with E-state index in [-0.39, 0.29) is 37.4 Å². The molecule has 2 atom stereocenters. The summed E-state index contributed by atoms with van der Waals surface area (Å²) in [4.78, 5) is 18.6. The van der Waals surface area contributed by atoms with Gasteiger partial charge in [0.2, 0.25) is 0 Å². The van der Waals surface area contributed by atoms with Gasteiger partial charge in [0.15, 0.2) is 0 Å². The zero-order valence-electron chi connectivity index (χ0n) is 18.7. The lowest BCUT2D eigenvalue weighted by Crippen LogP contribution is -2.50. The van der Waals surface area contributed by atoms with Crippen molar-refractivity contribution in [1.82, 2.24) is 4.90 Å². The van der Waals surface area contributed by atoms with Gasteiger partial charge in [-0.3, -0.25) is 9.69 Å². The predicted octanol–water partition coefficient (Wildman–Crippen LogP) is 3.89.